The van der Waals surface area contributed by atoms with E-state index >= 15 is 0 Å². The van der Waals surface area contributed by atoms with Gasteiger partial charge < -0.3 is 15.2 Å². The van der Waals surface area contributed by atoms with E-state index in [2.05, 4.69) is 18.0 Å². The van der Waals surface area contributed by atoms with Gasteiger partial charge in [0.2, 0.25) is 0 Å². The lowest BCUT2D eigenvalue weighted by molar-refractivity contribution is 0.0876. The fourth-order valence-electron chi connectivity index (χ4n) is 1.84. The van der Waals surface area contributed by atoms with Crippen LogP contribution in [0.3, 0.4) is 0 Å². The van der Waals surface area contributed by atoms with Gasteiger partial charge in [0.25, 0.3) is 0 Å². The summed E-state index contributed by atoms with van der Waals surface area (Å²) in [4.78, 5) is 2.66. The van der Waals surface area contributed by atoms with Crippen LogP contribution in [0.2, 0.25) is 0 Å². The van der Waals surface area contributed by atoms with Gasteiger partial charge >= 0.3 is 0 Å². The average Bonchev–Trinajstić information content (AvgIpc) is 2.43. The average molecular weight is 296 g/mol. The van der Waals surface area contributed by atoms with Crippen LogP contribution in [0.1, 0.15) is 17.5 Å². The molecule has 0 spiro atoms. The number of benzene rings is 1. The Kier molecular flexibility index (Phi) is 8.37. The Morgan fingerprint density at radius 1 is 1.30 bits per heavy atom. The fraction of sp³-hybridized carbons (Fsp3) is 0.533. The van der Waals surface area contributed by atoms with Gasteiger partial charge in [0.15, 0.2) is 0 Å². The molecular formula is C15H24N2O2S. The molecule has 0 unspecified atom stereocenters. The number of nitrogens with two attached hydrogens (primary N) is 1. The Hall–Kier alpha value is -1.01. The highest BCUT2D eigenvalue weighted by Crippen LogP contribution is 2.07. The predicted molar refractivity (Wildman–Crippen MR) is 86.0 cm³/mol. The smallest absolute Gasteiger partial charge is 0.103 e. The Bertz CT molecular complexity index is 413. The Morgan fingerprint density at radius 3 is 2.80 bits per heavy atom. The van der Waals surface area contributed by atoms with Crippen molar-refractivity contribution in [3.8, 4) is 0 Å². The van der Waals surface area contributed by atoms with Crippen LogP contribution in [0.15, 0.2) is 24.3 Å². The van der Waals surface area contributed by atoms with Crippen molar-refractivity contribution >= 4 is 17.2 Å². The largest absolute Gasteiger partial charge is 0.389 e. The quantitative estimate of drug-likeness (QED) is 0.527. The van der Waals surface area contributed by atoms with E-state index in [9.17, 15) is 0 Å². The van der Waals surface area contributed by atoms with Crippen LogP contribution < -0.4 is 5.73 Å². The molecule has 0 radical (unpaired) electrons. The summed E-state index contributed by atoms with van der Waals surface area (Å²) >= 11 is 4.99. The first-order chi connectivity index (χ1) is 9.63. The van der Waals surface area contributed by atoms with Crippen molar-refractivity contribution in [2.24, 2.45) is 5.73 Å². The monoisotopic (exact) mass is 296 g/mol. The van der Waals surface area contributed by atoms with Crippen LogP contribution in [-0.2, 0) is 16.0 Å². The van der Waals surface area contributed by atoms with E-state index in [1.807, 2.05) is 18.2 Å². The van der Waals surface area contributed by atoms with Crippen LogP contribution in [0.4, 0.5) is 0 Å². The highest BCUT2D eigenvalue weighted by Gasteiger charge is 2.02. The second kappa shape index (κ2) is 9.83. The minimum Gasteiger partial charge on any atom is -0.389 e. The molecule has 0 bridgehead atoms. The Balaban J connectivity index is 2.26. The van der Waals surface area contributed by atoms with Crippen molar-refractivity contribution in [3.05, 3.63) is 35.4 Å². The van der Waals surface area contributed by atoms with Crippen molar-refractivity contribution in [1.82, 2.24) is 4.90 Å². The minimum atomic E-state index is 0.441. The SMILES string of the molecule is COCCCOCCN(C)Cc1cccc(C(N)=S)c1. The van der Waals surface area contributed by atoms with Gasteiger partial charge in [-0.3, -0.25) is 4.90 Å². The van der Waals surface area contributed by atoms with E-state index < -0.39 is 0 Å². The molecule has 1 aromatic rings. The lowest BCUT2D eigenvalue weighted by atomic mass is 10.1. The third kappa shape index (κ3) is 6.96. The summed E-state index contributed by atoms with van der Waals surface area (Å²) in [7, 11) is 3.78. The number of rotatable bonds is 10. The summed E-state index contributed by atoms with van der Waals surface area (Å²) in [5.74, 6) is 0. The molecule has 0 aliphatic rings. The van der Waals surface area contributed by atoms with E-state index in [1.54, 1.807) is 7.11 Å². The normalized spacial score (nSPS) is 10.9. The Morgan fingerprint density at radius 2 is 2.10 bits per heavy atom. The molecule has 2 N–H and O–H groups in total. The van der Waals surface area contributed by atoms with Gasteiger partial charge in [-0.1, -0.05) is 30.4 Å². The molecule has 0 atom stereocenters. The van der Waals surface area contributed by atoms with Gasteiger partial charge in [-0.05, 0) is 25.1 Å². The standard InChI is InChI=1S/C15H24N2O2S/c1-17(7-10-19-9-4-8-18-2)12-13-5-3-6-14(11-13)15(16)20/h3,5-6,11H,4,7-10,12H2,1-2H3,(H2,16,20). The zero-order chi connectivity index (χ0) is 14.8. The molecule has 0 aliphatic carbocycles. The van der Waals surface area contributed by atoms with Gasteiger partial charge in [0, 0.05) is 39.0 Å². The van der Waals surface area contributed by atoms with Gasteiger partial charge in [-0.2, -0.15) is 0 Å². The zero-order valence-electron chi connectivity index (χ0n) is 12.3. The van der Waals surface area contributed by atoms with E-state index in [1.165, 1.54) is 5.56 Å². The van der Waals surface area contributed by atoms with Crippen LogP contribution in [0, 0.1) is 0 Å². The van der Waals surface area contributed by atoms with Crippen LogP contribution in [0.25, 0.3) is 0 Å². The van der Waals surface area contributed by atoms with Crippen molar-refractivity contribution in [2.75, 3.05) is 40.5 Å². The summed E-state index contributed by atoms with van der Waals surface area (Å²) in [5, 5.41) is 0. The highest BCUT2D eigenvalue weighted by atomic mass is 32.1. The molecule has 0 saturated carbocycles. The molecular weight excluding hydrogens is 272 g/mol. The van der Waals surface area contributed by atoms with Crippen LogP contribution in [-0.4, -0.2) is 50.4 Å². The highest BCUT2D eigenvalue weighted by molar-refractivity contribution is 7.80. The Labute approximate surface area is 126 Å². The first-order valence-corrected chi connectivity index (χ1v) is 7.18. The van der Waals surface area contributed by atoms with Gasteiger partial charge in [0.1, 0.15) is 4.99 Å². The fourth-order valence-corrected chi connectivity index (χ4v) is 1.97. The van der Waals surface area contributed by atoms with E-state index in [0.29, 0.717) is 4.99 Å². The molecule has 1 aromatic carbocycles. The number of ether oxygens (including phenoxy) is 2. The summed E-state index contributed by atoms with van der Waals surface area (Å²) < 4.78 is 10.5. The number of likely N-dealkylation sites (N-methyl/N-ethyl adjacent to an activating group) is 1. The first-order valence-electron chi connectivity index (χ1n) is 6.77. The molecule has 0 amide bonds. The molecule has 0 aliphatic heterocycles. The van der Waals surface area contributed by atoms with E-state index in [0.717, 1.165) is 44.9 Å². The molecule has 0 fully saturated rings. The van der Waals surface area contributed by atoms with Crippen molar-refractivity contribution in [2.45, 2.75) is 13.0 Å². The zero-order valence-corrected chi connectivity index (χ0v) is 13.1. The van der Waals surface area contributed by atoms with Crippen LogP contribution in [0.5, 0.6) is 0 Å². The predicted octanol–water partition coefficient (Wildman–Crippen LogP) is 1.81. The van der Waals surface area contributed by atoms with Crippen molar-refractivity contribution in [1.29, 1.82) is 0 Å². The number of hydrogen-bond donors (Lipinski definition) is 1. The molecule has 0 saturated heterocycles. The molecule has 1 rings (SSSR count). The van der Waals surface area contributed by atoms with Crippen molar-refractivity contribution < 1.29 is 9.47 Å². The molecule has 4 nitrogen and oxygen atoms in total. The third-order valence-corrected chi connectivity index (χ3v) is 3.15. The van der Waals surface area contributed by atoms with Crippen molar-refractivity contribution in [3.63, 3.8) is 0 Å². The third-order valence-electron chi connectivity index (χ3n) is 2.92. The lowest BCUT2D eigenvalue weighted by Crippen LogP contribution is -2.23. The number of hydrogen-bond acceptors (Lipinski definition) is 4. The maximum atomic E-state index is 5.64. The maximum Gasteiger partial charge on any atom is 0.103 e. The van der Waals surface area contributed by atoms with E-state index in [-0.39, 0.29) is 0 Å². The summed E-state index contributed by atoms with van der Waals surface area (Å²) in [6.45, 7) is 3.98. The second-order valence-electron chi connectivity index (χ2n) is 4.76. The summed E-state index contributed by atoms with van der Waals surface area (Å²) in [6.07, 6.45) is 0.941. The second-order valence-corrected chi connectivity index (χ2v) is 5.20. The molecule has 20 heavy (non-hydrogen) atoms. The van der Waals surface area contributed by atoms with Gasteiger partial charge in [-0.25, -0.2) is 0 Å². The minimum absolute atomic E-state index is 0.441. The topological polar surface area (TPSA) is 47.7 Å². The number of nitrogens with zero attached hydrogens (tertiary/aromatic N) is 1. The molecule has 0 aromatic heterocycles. The lowest BCUT2D eigenvalue weighted by Gasteiger charge is -2.17. The molecule has 5 heteroatoms. The number of methoxy groups -OCH3 is 1. The van der Waals surface area contributed by atoms with Crippen LogP contribution >= 0.6 is 12.2 Å². The molecule has 112 valence electrons. The number of thiocarbonyl (C=S) groups is 1. The first kappa shape index (κ1) is 17.0. The molecule has 0 heterocycles. The summed E-state index contributed by atoms with van der Waals surface area (Å²) in [5.41, 5.74) is 7.76. The maximum absolute atomic E-state index is 5.64. The van der Waals surface area contributed by atoms with Gasteiger partial charge in [0.05, 0.1) is 6.61 Å². The van der Waals surface area contributed by atoms with E-state index in [4.69, 9.17) is 27.4 Å². The summed E-state index contributed by atoms with van der Waals surface area (Å²) in [6, 6.07) is 8.04. The van der Waals surface area contributed by atoms with Gasteiger partial charge in [-0.15, -0.1) is 0 Å².